The molecule has 0 unspecified atom stereocenters. The Morgan fingerprint density at radius 3 is 2.58 bits per heavy atom. The average molecular weight is 356 g/mol. The number of amides is 1. The number of hydrogen-bond donors (Lipinski definition) is 1. The van der Waals surface area contributed by atoms with Crippen molar-refractivity contribution in [2.75, 3.05) is 13.2 Å². The fraction of sp³-hybridized carbons (Fsp3) is 0.429. The lowest BCUT2D eigenvalue weighted by Gasteiger charge is -2.14. The molecule has 5 heteroatoms. The largest absolute Gasteiger partial charge is 0.488 e. The van der Waals surface area contributed by atoms with E-state index in [1.165, 1.54) is 0 Å². The number of aromatic nitrogens is 1. The Labute approximate surface area is 155 Å². The second-order valence-electron chi connectivity index (χ2n) is 6.62. The fourth-order valence-corrected chi connectivity index (χ4v) is 2.64. The van der Waals surface area contributed by atoms with Crippen LogP contribution in [0.4, 0.5) is 0 Å². The minimum Gasteiger partial charge on any atom is -0.488 e. The molecule has 1 N–H and O–H groups in total. The predicted molar refractivity (Wildman–Crippen MR) is 103 cm³/mol. The van der Waals surface area contributed by atoms with Gasteiger partial charge in [-0.05, 0) is 63.4 Å². The van der Waals surface area contributed by atoms with Crippen LogP contribution in [0.1, 0.15) is 47.3 Å². The summed E-state index contributed by atoms with van der Waals surface area (Å²) < 4.78 is 11.4. The van der Waals surface area contributed by atoms with Crippen molar-refractivity contribution in [3.05, 3.63) is 58.9 Å². The summed E-state index contributed by atoms with van der Waals surface area (Å²) in [7, 11) is 0. The standard InChI is InChI=1S/C21H28N2O3/c1-15(2)25-10-6-9-23-21(24)19-11-16(3)20(17(4)12-19)26-14-18-7-5-8-22-13-18/h5,7-8,11-13,15H,6,9-10,14H2,1-4H3,(H,23,24). The van der Waals surface area contributed by atoms with Crippen molar-refractivity contribution in [3.63, 3.8) is 0 Å². The van der Waals surface area contributed by atoms with Gasteiger partial charge in [0.05, 0.1) is 6.10 Å². The van der Waals surface area contributed by atoms with Crippen molar-refractivity contribution in [1.82, 2.24) is 10.3 Å². The first kappa shape index (κ1) is 19.9. The number of pyridine rings is 1. The first-order valence-corrected chi connectivity index (χ1v) is 9.00. The zero-order valence-electron chi connectivity index (χ0n) is 16.0. The Bertz CT molecular complexity index is 691. The van der Waals surface area contributed by atoms with Gasteiger partial charge in [0.1, 0.15) is 12.4 Å². The number of hydrogen-bond acceptors (Lipinski definition) is 4. The highest BCUT2D eigenvalue weighted by molar-refractivity contribution is 5.94. The molecule has 0 saturated heterocycles. The van der Waals surface area contributed by atoms with Crippen LogP contribution in [0.3, 0.4) is 0 Å². The molecule has 1 aromatic heterocycles. The van der Waals surface area contributed by atoms with Gasteiger partial charge in [0.15, 0.2) is 0 Å². The average Bonchev–Trinajstić information content (AvgIpc) is 2.61. The fourth-order valence-electron chi connectivity index (χ4n) is 2.64. The number of carbonyl (C=O) groups is 1. The Kier molecular flexibility index (Phi) is 7.60. The van der Waals surface area contributed by atoms with E-state index in [0.29, 0.717) is 25.3 Å². The summed E-state index contributed by atoms with van der Waals surface area (Å²) in [6.45, 7) is 9.62. The van der Waals surface area contributed by atoms with Crippen LogP contribution in [0.5, 0.6) is 5.75 Å². The van der Waals surface area contributed by atoms with Crippen LogP contribution >= 0.6 is 0 Å². The summed E-state index contributed by atoms with van der Waals surface area (Å²) in [5.41, 5.74) is 3.56. The minimum atomic E-state index is -0.0699. The van der Waals surface area contributed by atoms with E-state index in [9.17, 15) is 4.79 Å². The van der Waals surface area contributed by atoms with Gasteiger partial charge in [0.25, 0.3) is 5.91 Å². The maximum atomic E-state index is 12.3. The number of ether oxygens (including phenoxy) is 2. The number of aryl methyl sites for hydroxylation is 2. The molecule has 0 radical (unpaired) electrons. The summed E-state index contributed by atoms with van der Waals surface area (Å²) in [6.07, 6.45) is 4.54. The Morgan fingerprint density at radius 2 is 1.96 bits per heavy atom. The predicted octanol–water partition coefficient (Wildman–Crippen LogP) is 3.82. The molecule has 0 aliphatic rings. The quantitative estimate of drug-likeness (QED) is 0.694. The first-order chi connectivity index (χ1) is 12.5. The Balaban J connectivity index is 1.91. The van der Waals surface area contributed by atoms with Gasteiger partial charge < -0.3 is 14.8 Å². The summed E-state index contributed by atoms with van der Waals surface area (Å²) in [5.74, 6) is 0.746. The molecule has 1 amide bonds. The van der Waals surface area contributed by atoms with Crippen molar-refractivity contribution < 1.29 is 14.3 Å². The Hall–Kier alpha value is -2.40. The molecule has 0 spiro atoms. The molecular weight excluding hydrogens is 328 g/mol. The van der Waals surface area contributed by atoms with E-state index in [-0.39, 0.29) is 12.0 Å². The van der Waals surface area contributed by atoms with Crippen LogP contribution in [-0.4, -0.2) is 30.1 Å². The van der Waals surface area contributed by atoms with Gasteiger partial charge in [0, 0.05) is 36.7 Å². The smallest absolute Gasteiger partial charge is 0.251 e. The number of nitrogens with one attached hydrogen (secondary N) is 1. The maximum Gasteiger partial charge on any atom is 0.251 e. The van der Waals surface area contributed by atoms with Gasteiger partial charge in [-0.15, -0.1) is 0 Å². The van der Waals surface area contributed by atoms with E-state index < -0.39 is 0 Å². The van der Waals surface area contributed by atoms with E-state index in [1.807, 2.05) is 52.0 Å². The molecule has 140 valence electrons. The van der Waals surface area contributed by atoms with Crippen LogP contribution in [0.2, 0.25) is 0 Å². The molecule has 0 atom stereocenters. The van der Waals surface area contributed by atoms with Gasteiger partial charge in [-0.3, -0.25) is 9.78 Å². The minimum absolute atomic E-state index is 0.0699. The molecular formula is C21H28N2O3. The highest BCUT2D eigenvalue weighted by Gasteiger charge is 2.12. The SMILES string of the molecule is Cc1cc(C(=O)NCCCOC(C)C)cc(C)c1OCc1cccnc1. The van der Waals surface area contributed by atoms with Crippen molar-refractivity contribution in [2.24, 2.45) is 0 Å². The van der Waals surface area contributed by atoms with Crippen molar-refractivity contribution >= 4 is 5.91 Å². The molecule has 2 aromatic rings. The molecule has 26 heavy (non-hydrogen) atoms. The third-order valence-electron chi connectivity index (χ3n) is 3.89. The summed E-state index contributed by atoms with van der Waals surface area (Å²) in [6, 6.07) is 7.59. The normalized spacial score (nSPS) is 10.8. The molecule has 0 aliphatic heterocycles. The second kappa shape index (κ2) is 9.92. The van der Waals surface area contributed by atoms with Crippen molar-refractivity contribution in [2.45, 2.75) is 46.8 Å². The van der Waals surface area contributed by atoms with Crippen LogP contribution in [0.15, 0.2) is 36.7 Å². The van der Waals surface area contributed by atoms with Crippen LogP contribution in [0, 0.1) is 13.8 Å². The molecule has 0 aliphatic carbocycles. The summed E-state index contributed by atoms with van der Waals surface area (Å²) in [4.78, 5) is 16.4. The lowest BCUT2D eigenvalue weighted by atomic mass is 10.0. The van der Waals surface area contributed by atoms with Gasteiger partial charge >= 0.3 is 0 Å². The van der Waals surface area contributed by atoms with E-state index in [1.54, 1.807) is 12.4 Å². The summed E-state index contributed by atoms with van der Waals surface area (Å²) in [5, 5.41) is 2.94. The molecule has 5 nitrogen and oxygen atoms in total. The monoisotopic (exact) mass is 356 g/mol. The molecule has 1 aromatic carbocycles. The van der Waals surface area contributed by atoms with E-state index in [4.69, 9.17) is 9.47 Å². The third kappa shape index (κ3) is 6.15. The molecule has 2 rings (SSSR count). The van der Waals surface area contributed by atoms with Gasteiger partial charge in [-0.1, -0.05) is 6.07 Å². The lowest BCUT2D eigenvalue weighted by molar-refractivity contribution is 0.0757. The van der Waals surface area contributed by atoms with Crippen molar-refractivity contribution in [3.8, 4) is 5.75 Å². The van der Waals surface area contributed by atoms with Gasteiger partial charge in [-0.25, -0.2) is 0 Å². The zero-order valence-corrected chi connectivity index (χ0v) is 16.0. The van der Waals surface area contributed by atoms with Crippen LogP contribution < -0.4 is 10.1 Å². The van der Waals surface area contributed by atoms with Crippen LogP contribution in [0.25, 0.3) is 0 Å². The van der Waals surface area contributed by atoms with Crippen molar-refractivity contribution in [1.29, 1.82) is 0 Å². The highest BCUT2D eigenvalue weighted by atomic mass is 16.5. The first-order valence-electron chi connectivity index (χ1n) is 9.00. The maximum absolute atomic E-state index is 12.3. The van der Waals surface area contributed by atoms with E-state index in [0.717, 1.165) is 28.9 Å². The molecule has 1 heterocycles. The van der Waals surface area contributed by atoms with Crippen LogP contribution in [-0.2, 0) is 11.3 Å². The third-order valence-corrected chi connectivity index (χ3v) is 3.89. The molecule has 0 fully saturated rings. The number of carbonyl (C=O) groups excluding carboxylic acids is 1. The molecule has 0 saturated carbocycles. The summed E-state index contributed by atoms with van der Waals surface area (Å²) >= 11 is 0. The van der Waals surface area contributed by atoms with E-state index in [2.05, 4.69) is 10.3 Å². The van der Waals surface area contributed by atoms with E-state index >= 15 is 0 Å². The highest BCUT2D eigenvalue weighted by Crippen LogP contribution is 2.25. The number of benzene rings is 1. The number of nitrogens with zero attached hydrogens (tertiary/aromatic N) is 1. The number of rotatable bonds is 9. The van der Waals surface area contributed by atoms with Gasteiger partial charge in [0.2, 0.25) is 0 Å². The second-order valence-corrected chi connectivity index (χ2v) is 6.62. The zero-order chi connectivity index (χ0) is 18.9. The topological polar surface area (TPSA) is 60.5 Å². The Morgan fingerprint density at radius 1 is 1.23 bits per heavy atom. The lowest BCUT2D eigenvalue weighted by Crippen LogP contribution is -2.25. The molecule has 0 bridgehead atoms. The van der Waals surface area contributed by atoms with Gasteiger partial charge in [-0.2, -0.15) is 0 Å².